The van der Waals surface area contributed by atoms with Crippen LogP contribution >= 0.6 is 11.6 Å². The van der Waals surface area contributed by atoms with Crippen LogP contribution in [0.3, 0.4) is 0 Å². The first kappa shape index (κ1) is 10.9. The maximum Gasteiger partial charge on any atom is 0.227 e. The summed E-state index contributed by atoms with van der Waals surface area (Å²) in [6.45, 7) is 5.74. The number of nitrogens with one attached hydrogen (secondary N) is 1. The highest BCUT2D eigenvalue weighted by Crippen LogP contribution is 2.13. The minimum Gasteiger partial charge on any atom is -0.286 e. The molecule has 0 fully saturated rings. The van der Waals surface area contributed by atoms with Crippen molar-refractivity contribution in [1.29, 1.82) is 0 Å². The van der Waals surface area contributed by atoms with Crippen LogP contribution in [-0.4, -0.2) is 20.0 Å². The average molecular weight is 239 g/mol. The molecule has 0 saturated heterocycles. The second kappa shape index (κ2) is 3.75. The van der Waals surface area contributed by atoms with Gasteiger partial charge < -0.3 is 0 Å². The van der Waals surface area contributed by atoms with E-state index in [9.17, 15) is 4.79 Å². The highest BCUT2D eigenvalue weighted by molar-refractivity contribution is 6.29. The lowest BCUT2D eigenvalue weighted by atomic mass is 10.2. The van der Waals surface area contributed by atoms with E-state index in [1.165, 1.54) is 10.7 Å². The molecular weight excluding hydrogens is 228 g/mol. The largest absolute Gasteiger partial charge is 0.286 e. The standard InChI is InChI=1S/C10H11ClN4O/c1-5-6(2)14-15(7(5)3)10-8(16)4-9(11)12-13-10/h4H,1-3H3,(H,12,16). The molecule has 0 radical (unpaired) electrons. The molecule has 2 heterocycles. The van der Waals surface area contributed by atoms with Crippen LogP contribution in [0.4, 0.5) is 0 Å². The number of H-pyrrole nitrogens is 1. The maximum atomic E-state index is 11.7. The number of hydrogen-bond acceptors (Lipinski definition) is 3. The van der Waals surface area contributed by atoms with Gasteiger partial charge in [-0.2, -0.15) is 10.2 Å². The lowest BCUT2D eigenvalue weighted by Gasteiger charge is -2.01. The summed E-state index contributed by atoms with van der Waals surface area (Å²) in [4.78, 5) is 11.7. The van der Waals surface area contributed by atoms with Gasteiger partial charge in [0.25, 0.3) is 0 Å². The summed E-state index contributed by atoms with van der Waals surface area (Å²) in [6.07, 6.45) is 0. The molecule has 2 rings (SSSR count). The molecule has 0 bridgehead atoms. The molecule has 0 aromatic carbocycles. The minimum absolute atomic E-state index is 0.215. The van der Waals surface area contributed by atoms with Crippen LogP contribution in [0.15, 0.2) is 10.9 Å². The van der Waals surface area contributed by atoms with E-state index in [0.29, 0.717) is 0 Å². The Morgan fingerprint density at radius 3 is 2.56 bits per heavy atom. The highest BCUT2D eigenvalue weighted by Gasteiger charge is 2.12. The molecule has 0 aliphatic rings. The van der Waals surface area contributed by atoms with Gasteiger partial charge in [0.1, 0.15) is 5.15 Å². The summed E-state index contributed by atoms with van der Waals surface area (Å²) in [7, 11) is 0. The van der Waals surface area contributed by atoms with Crippen molar-refractivity contribution in [2.24, 2.45) is 0 Å². The molecule has 0 unspecified atom stereocenters. The number of aromatic amines is 1. The van der Waals surface area contributed by atoms with E-state index >= 15 is 0 Å². The van der Waals surface area contributed by atoms with Crippen molar-refractivity contribution in [2.45, 2.75) is 20.8 Å². The molecule has 0 spiro atoms. The zero-order valence-electron chi connectivity index (χ0n) is 9.21. The third-order valence-corrected chi connectivity index (χ3v) is 2.79. The van der Waals surface area contributed by atoms with E-state index in [4.69, 9.17) is 11.6 Å². The van der Waals surface area contributed by atoms with Crippen molar-refractivity contribution in [3.05, 3.63) is 38.4 Å². The summed E-state index contributed by atoms with van der Waals surface area (Å²) in [5.74, 6) is 0.234. The fourth-order valence-corrected chi connectivity index (χ4v) is 1.59. The number of aryl methyl sites for hydroxylation is 1. The summed E-state index contributed by atoms with van der Waals surface area (Å²) in [6, 6.07) is 1.29. The zero-order valence-corrected chi connectivity index (χ0v) is 9.96. The van der Waals surface area contributed by atoms with Gasteiger partial charge in [0.2, 0.25) is 11.2 Å². The van der Waals surface area contributed by atoms with Crippen LogP contribution in [0.2, 0.25) is 5.15 Å². The third kappa shape index (κ3) is 1.63. The number of rotatable bonds is 1. The van der Waals surface area contributed by atoms with Crippen molar-refractivity contribution in [1.82, 2.24) is 20.0 Å². The van der Waals surface area contributed by atoms with E-state index in [1.807, 2.05) is 20.8 Å². The molecule has 0 amide bonds. The first-order valence-electron chi connectivity index (χ1n) is 4.79. The molecule has 5 nitrogen and oxygen atoms in total. The smallest absolute Gasteiger partial charge is 0.227 e. The Morgan fingerprint density at radius 1 is 1.38 bits per heavy atom. The van der Waals surface area contributed by atoms with E-state index in [-0.39, 0.29) is 16.4 Å². The number of aromatic nitrogens is 4. The molecule has 1 N–H and O–H groups in total. The topological polar surface area (TPSA) is 63.6 Å². The lowest BCUT2D eigenvalue weighted by molar-refractivity contribution is 0.773. The Morgan fingerprint density at radius 2 is 2.06 bits per heavy atom. The van der Waals surface area contributed by atoms with E-state index in [2.05, 4.69) is 15.3 Å². The van der Waals surface area contributed by atoms with Crippen molar-refractivity contribution in [3.63, 3.8) is 0 Å². The second-order valence-corrected chi connectivity index (χ2v) is 4.02. The van der Waals surface area contributed by atoms with Gasteiger partial charge in [-0.3, -0.25) is 9.89 Å². The first-order chi connectivity index (χ1) is 7.50. The lowest BCUT2D eigenvalue weighted by Crippen LogP contribution is -2.16. The van der Waals surface area contributed by atoms with Crippen LogP contribution in [0.5, 0.6) is 0 Å². The predicted octanol–water partition coefficient (Wildman–Crippen LogP) is 1.53. The Bertz CT molecular complexity index is 599. The SMILES string of the molecule is Cc1nn(-c2n[nH]c(Cl)cc2=O)c(C)c1C. The van der Waals surface area contributed by atoms with Gasteiger partial charge in [0.15, 0.2) is 0 Å². The average Bonchev–Trinajstić information content (AvgIpc) is 2.46. The molecule has 2 aromatic rings. The Kier molecular flexibility index (Phi) is 2.55. The fraction of sp³-hybridized carbons (Fsp3) is 0.300. The number of nitrogens with zero attached hydrogens (tertiary/aromatic N) is 3. The highest BCUT2D eigenvalue weighted by atomic mass is 35.5. The minimum atomic E-state index is -0.255. The monoisotopic (exact) mass is 238 g/mol. The summed E-state index contributed by atoms with van der Waals surface area (Å²) < 4.78 is 1.53. The van der Waals surface area contributed by atoms with Crippen LogP contribution in [-0.2, 0) is 0 Å². The molecule has 0 aliphatic heterocycles. The van der Waals surface area contributed by atoms with Crippen molar-refractivity contribution >= 4 is 11.6 Å². The summed E-state index contributed by atoms with van der Waals surface area (Å²) >= 11 is 5.63. The quantitative estimate of drug-likeness (QED) is 0.820. The van der Waals surface area contributed by atoms with E-state index in [1.54, 1.807) is 0 Å². The van der Waals surface area contributed by atoms with Crippen LogP contribution in [0.25, 0.3) is 5.82 Å². The molecule has 0 aliphatic carbocycles. The van der Waals surface area contributed by atoms with Gasteiger partial charge >= 0.3 is 0 Å². The molecule has 6 heteroatoms. The first-order valence-corrected chi connectivity index (χ1v) is 5.17. The molecule has 16 heavy (non-hydrogen) atoms. The Hall–Kier alpha value is -1.62. The summed E-state index contributed by atoms with van der Waals surface area (Å²) in [5.41, 5.74) is 2.58. The van der Waals surface area contributed by atoms with Crippen molar-refractivity contribution in [3.8, 4) is 5.82 Å². The Balaban J connectivity index is 2.68. The Labute approximate surface area is 97.1 Å². The van der Waals surface area contributed by atoms with Crippen LogP contribution in [0.1, 0.15) is 17.0 Å². The number of halogens is 1. The summed E-state index contributed by atoms with van der Waals surface area (Å²) in [5, 5.41) is 10.9. The molecular formula is C10H11ClN4O. The van der Waals surface area contributed by atoms with Crippen LogP contribution in [0, 0.1) is 20.8 Å². The fourth-order valence-electron chi connectivity index (χ4n) is 1.45. The van der Waals surface area contributed by atoms with E-state index in [0.717, 1.165) is 17.0 Å². The molecule has 0 atom stereocenters. The zero-order chi connectivity index (χ0) is 11.9. The van der Waals surface area contributed by atoms with Gasteiger partial charge in [-0.15, -0.1) is 0 Å². The van der Waals surface area contributed by atoms with E-state index < -0.39 is 0 Å². The molecule has 0 saturated carbocycles. The number of hydrogen-bond donors (Lipinski definition) is 1. The third-order valence-electron chi connectivity index (χ3n) is 2.60. The van der Waals surface area contributed by atoms with Crippen molar-refractivity contribution < 1.29 is 0 Å². The van der Waals surface area contributed by atoms with Gasteiger partial charge in [-0.1, -0.05) is 11.6 Å². The second-order valence-electron chi connectivity index (χ2n) is 3.61. The van der Waals surface area contributed by atoms with Crippen molar-refractivity contribution in [2.75, 3.05) is 0 Å². The van der Waals surface area contributed by atoms with Crippen LogP contribution < -0.4 is 5.43 Å². The molecule has 2 aromatic heterocycles. The molecule has 84 valence electrons. The van der Waals surface area contributed by atoms with Gasteiger partial charge in [0.05, 0.1) is 5.69 Å². The van der Waals surface area contributed by atoms with Gasteiger partial charge in [-0.05, 0) is 26.3 Å². The van der Waals surface area contributed by atoms with Gasteiger partial charge in [-0.25, -0.2) is 4.68 Å². The normalized spacial score (nSPS) is 10.8. The van der Waals surface area contributed by atoms with Gasteiger partial charge in [0, 0.05) is 11.8 Å². The maximum absolute atomic E-state index is 11.7. The predicted molar refractivity (Wildman–Crippen MR) is 61.2 cm³/mol.